The van der Waals surface area contributed by atoms with Crippen molar-refractivity contribution in [2.24, 2.45) is 5.92 Å². The van der Waals surface area contributed by atoms with Crippen LogP contribution in [-0.4, -0.2) is 44.2 Å². The Hall–Kier alpha value is -1.03. The standard InChI is InChI=1S/C9H8ClIO7/c1-9(10,8(16)17)3-2(6(12)13)5(11)18-4(3)7(14)15/h3-4H,1H3,(H,12,13)(H,14,15)(H,16,17). The minimum atomic E-state index is -2.09. The quantitative estimate of drug-likeness (QED) is 0.482. The fourth-order valence-electron chi connectivity index (χ4n) is 1.62. The Balaban J connectivity index is 3.35. The van der Waals surface area contributed by atoms with Gasteiger partial charge < -0.3 is 20.1 Å². The third kappa shape index (κ3) is 2.39. The monoisotopic (exact) mass is 390 g/mol. The van der Waals surface area contributed by atoms with Crippen molar-refractivity contribution in [2.75, 3.05) is 0 Å². The Labute approximate surface area is 120 Å². The Morgan fingerprint density at radius 2 is 1.83 bits per heavy atom. The van der Waals surface area contributed by atoms with E-state index >= 15 is 0 Å². The number of carboxylic acid groups (broad SMARTS) is 3. The summed E-state index contributed by atoms with van der Waals surface area (Å²) >= 11 is 7.27. The van der Waals surface area contributed by atoms with Gasteiger partial charge in [-0.25, -0.2) is 9.59 Å². The molecule has 18 heavy (non-hydrogen) atoms. The molecule has 0 aromatic rings. The molecule has 1 aliphatic rings. The van der Waals surface area contributed by atoms with Gasteiger partial charge in [0, 0.05) is 0 Å². The highest BCUT2D eigenvalue weighted by molar-refractivity contribution is 14.1. The van der Waals surface area contributed by atoms with Gasteiger partial charge in [0.2, 0.25) is 6.10 Å². The molecule has 3 atom stereocenters. The van der Waals surface area contributed by atoms with E-state index in [1.54, 1.807) is 0 Å². The molecule has 0 amide bonds. The van der Waals surface area contributed by atoms with Gasteiger partial charge in [-0.1, -0.05) is 0 Å². The smallest absolute Gasteiger partial charge is 0.345 e. The van der Waals surface area contributed by atoms with Crippen LogP contribution in [0.1, 0.15) is 6.92 Å². The predicted molar refractivity (Wildman–Crippen MR) is 66.6 cm³/mol. The molecule has 100 valence electrons. The molecule has 0 aliphatic carbocycles. The van der Waals surface area contributed by atoms with Crippen molar-refractivity contribution in [2.45, 2.75) is 17.9 Å². The molecule has 1 rings (SSSR count). The Morgan fingerprint density at radius 3 is 2.17 bits per heavy atom. The molecule has 0 fully saturated rings. The zero-order valence-electron chi connectivity index (χ0n) is 8.89. The fraction of sp³-hybridized carbons (Fsp3) is 0.444. The van der Waals surface area contributed by atoms with E-state index in [1.807, 2.05) is 0 Å². The summed E-state index contributed by atoms with van der Waals surface area (Å²) in [5, 5.41) is 26.9. The summed E-state index contributed by atoms with van der Waals surface area (Å²) in [7, 11) is 0. The number of alkyl halides is 1. The lowest BCUT2D eigenvalue weighted by Crippen LogP contribution is -2.46. The van der Waals surface area contributed by atoms with E-state index < -0.39 is 40.4 Å². The largest absolute Gasteiger partial charge is 0.480 e. The van der Waals surface area contributed by atoms with Crippen LogP contribution in [0.3, 0.4) is 0 Å². The van der Waals surface area contributed by atoms with Gasteiger partial charge in [0.25, 0.3) is 0 Å². The van der Waals surface area contributed by atoms with Crippen LogP contribution >= 0.6 is 34.2 Å². The number of hydrogen-bond donors (Lipinski definition) is 3. The summed E-state index contributed by atoms with van der Waals surface area (Å²) in [6, 6.07) is 0. The lowest BCUT2D eigenvalue weighted by Gasteiger charge is -2.27. The van der Waals surface area contributed by atoms with Gasteiger partial charge in [0.15, 0.2) is 3.77 Å². The first kappa shape index (κ1) is 15.0. The second-order valence-corrected chi connectivity index (χ2v) is 5.49. The van der Waals surface area contributed by atoms with E-state index in [9.17, 15) is 14.4 Å². The Kier molecular flexibility index (Phi) is 4.11. The highest BCUT2D eigenvalue weighted by Crippen LogP contribution is 2.44. The highest BCUT2D eigenvalue weighted by Gasteiger charge is 2.56. The van der Waals surface area contributed by atoms with Crippen LogP contribution in [0.25, 0.3) is 0 Å². The van der Waals surface area contributed by atoms with Crippen LogP contribution in [0.15, 0.2) is 9.34 Å². The zero-order valence-corrected chi connectivity index (χ0v) is 11.8. The van der Waals surface area contributed by atoms with E-state index in [2.05, 4.69) is 0 Å². The maximum atomic E-state index is 11.1. The van der Waals surface area contributed by atoms with E-state index in [4.69, 9.17) is 31.7 Å². The van der Waals surface area contributed by atoms with Gasteiger partial charge in [0.1, 0.15) is 4.87 Å². The number of rotatable bonds is 4. The topological polar surface area (TPSA) is 121 Å². The van der Waals surface area contributed by atoms with Crippen molar-refractivity contribution in [3.05, 3.63) is 9.34 Å². The maximum absolute atomic E-state index is 11.1. The fourth-order valence-corrected chi connectivity index (χ4v) is 2.68. The summed E-state index contributed by atoms with van der Waals surface area (Å²) in [4.78, 5) is 31.0. The van der Waals surface area contributed by atoms with Crippen molar-refractivity contribution in [1.29, 1.82) is 0 Å². The molecule has 0 bridgehead atoms. The van der Waals surface area contributed by atoms with Crippen LogP contribution < -0.4 is 0 Å². The molecule has 3 N–H and O–H groups in total. The van der Waals surface area contributed by atoms with Crippen molar-refractivity contribution >= 4 is 52.1 Å². The Morgan fingerprint density at radius 1 is 1.33 bits per heavy atom. The minimum Gasteiger partial charge on any atom is -0.480 e. The van der Waals surface area contributed by atoms with E-state index in [0.29, 0.717) is 0 Å². The van der Waals surface area contributed by atoms with Crippen LogP contribution in [0.2, 0.25) is 0 Å². The van der Waals surface area contributed by atoms with Gasteiger partial charge in [-0.15, -0.1) is 11.6 Å². The average molecular weight is 391 g/mol. The van der Waals surface area contributed by atoms with Gasteiger partial charge >= 0.3 is 17.9 Å². The molecule has 0 saturated carbocycles. The highest BCUT2D eigenvalue weighted by atomic mass is 127. The van der Waals surface area contributed by atoms with Gasteiger partial charge in [-0.3, -0.25) is 4.79 Å². The molecule has 0 radical (unpaired) electrons. The second kappa shape index (κ2) is 4.92. The summed E-state index contributed by atoms with van der Waals surface area (Å²) in [6.45, 7) is 1.04. The number of ether oxygens (including phenoxy) is 1. The molecule has 3 unspecified atom stereocenters. The van der Waals surface area contributed by atoms with Gasteiger partial charge in [-0.2, -0.15) is 0 Å². The van der Waals surface area contributed by atoms with Gasteiger partial charge in [0.05, 0.1) is 11.5 Å². The third-order valence-electron chi connectivity index (χ3n) is 2.53. The van der Waals surface area contributed by atoms with Crippen LogP contribution in [-0.2, 0) is 19.1 Å². The van der Waals surface area contributed by atoms with E-state index in [-0.39, 0.29) is 3.77 Å². The summed E-state index contributed by atoms with van der Waals surface area (Å²) in [5.41, 5.74) is -0.442. The van der Waals surface area contributed by atoms with Crippen molar-refractivity contribution in [3.63, 3.8) is 0 Å². The molecule has 0 saturated heterocycles. The SMILES string of the molecule is CC(Cl)(C(=O)O)C1C(C(=O)O)=C(I)OC1C(=O)O. The summed E-state index contributed by atoms with van der Waals surface area (Å²) < 4.78 is 4.71. The summed E-state index contributed by atoms with van der Waals surface area (Å²) in [6.07, 6.45) is -1.64. The first-order valence-corrected chi connectivity index (χ1v) is 6.01. The van der Waals surface area contributed by atoms with Crippen LogP contribution in [0, 0.1) is 5.92 Å². The molecular weight excluding hydrogens is 382 g/mol. The second-order valence-electron chi connectivity index (χ2n) is 3.73. The molecule has 0 aromatic carbocycles. The van der Waals surface area contributed by atoms with Crippen LogP contribution in [0.4, 0.5) is 0 Å². The summed E-state index contributed by atoms with van der Waals surface area (Å²) in [5.74, 6) is -5.94. The van der Waals surface area contributed by atoms with Crippen molar-refractivity contribution < 1.29 is 34.4 Å². The normalized spacial score (nSPS) is 26.4. The number of carbonyl (C=O) groups is 3. The van der Waals surface area contributed by atoms with Crippen molar-refractivity contribution in [1.82, 2.24) is 0 Å². The van der Waals surface area contributed by atoms with E-state index in [0.717, 1.165) is 6.92 Å². The lowest BCUT2D eigenvalue weighted by molar-refractivity contribution is -0.151. The van der Waals surface area contributed by atoms with Crippen molar-refractivity contribution in [3.8, 4) is 0 Å². The molecule has 0 aromatic heterocycles. The minimum absolute atomic E-state index is 0.175. The van der Waals surface area contributed by atoms with E-state index in [1.165, 1.54) is 22.6 Å². The lowest BCUT2D eigenvalue weighted by atomic mass is 9.83. The molecule has 9 heteroatoms. The predicted octanol–water partition coefficient (Wildman–Crippen LogP) is 0.899. The first-order chi connectivity index (χ1) is 8.10. The average Bonchev–Trinajstić information content (AvgIpc) is 2.56. The molecule has 7 nitrogen and oxygen atoms in total. The third-order valence-corrected chi connectivity index (χ3v) is 3.76. The first-order valence-electron chi connectivity index (χ1n) is 4.55. The molecule has 0 spiro atoms. The number of halogens is 2. The Bertz CT molecular complexity index is 456. The molecule has 1 aliphatic heterocycles. The van der Waals surface area contributed by atoms with Gasteiger partial charge in [-0.05, 0) is 29.5 Å². The maximum Gasteiger partial charge on any atom is 0.345 e. The zero-order chi connectivity index (χ0) is 14.2. The molecular formula is C9H8ClIO7. The molecule has 1 heterocycles. The number of carboxylic acids is 3. The number of hydrogen-bond acceptors (Lipinski definition) is 4. The van der Waals surface area contributed by atoms with Crippen LogP contribution in [0.5, 0.6) is 0 Å². The number of aliphatic carboxylic acids is 3.